The van der Waals surface area contributed by atoms with Crippen LogP contribution in [0.25, 0.3) is 6.08 Å². The Morgan fingerprint density at radius 1 is 1.35 bits per heavy atom. The Bertz CT molecular complexity index is 626. The van der Waals surface area contributed by atoms with Gasteiger partial charge in [0.1, 0.15) is 17.4 Å². The minimum absolute atomic E-state index is 0.0626. The van der Waals surface area contributed by atoms with Gasteiger partial charge in [-0.1, -0.05) is 38.3 Å². The first-order valence-electron chi connectivity index (χ1n) is 9.47. The number of hydrogen-bond acceptors (Lipinski definition) is 4. The summed E-state index contributed by atoms with van der Waals surface area (Å²) in [5.74, 6) is 0.444. The number of benzene rings is 1. The Hall–Kier alpha value is -2.32. The van der Waals surface area contributed by atoms with Crippen molar-refractivity contribution in [2.45, 2.75) is 51.6 Å². The van der Waals surface area contributed by atoms with Gasteiger partial charge in [-0.05, 0) is 43.0 Å². The number of rotatable bonds is 10. The highest BCUT2D eigenvalue weighted by Crippen LogP contribution is 2.16. The first-order chi connectivity index (χ1) is 12.7. The van der Waals surface area contributed by atoms with Crippen LogP contribution in [-0.2, 0) is 9.53 Å². The standard InChI is InChI=1S/C21H28N2O3/c1-2-3-4-5-12-25-19-10-8-17(9-11-19)14-18(15-22)21(24)23-16-20-7-6-13-26-20/h8-11,14,20H,2-7,12-13,16H2,1H3,(H,23,24)/b18-14+/t20-/m1/s1. The lowest BCUT2D eigenvalue weighted by atomic mass is 10.1. The van der Waals surface area contributed by atoms with Crippen LogP contribution in [0.15, 0.2) is 29.8 Å². The van der Waals surface area contributed by atoms with E-state index < -0.39 is 0 Å². The predicted molar refractivity (Wildman–Crippen MR) is 102 cm³/mol. The van der Waals surface area contributed by atoms with E-state index in [1.54, 1.807) is 6.08 Å². The van der Waals surface area contributed by atoms with Gasteiger partial charge in [0.15, 0.2) is 0 Å². The van der Waals surface area contributed by atoms with Crippen molar-refractivity contribution in [1.29, 1.82) is 5.26 Å². The van der Waals surface area contributed by atoms with E-state index in [0.717, 1.165) is 37.2 Å². The van der Waals surface area contributed by atoms with E-state index in [1.165, 1.54) is 19.3 Å². The fraction of sp³-hybridized carbons (Fsp3) is 0.524. The molecule has 0 spiro atoms. The first-order valence-corrected chi connectivity index (χ1v) is 9.47. The third-order valence-corrected chi connectivity index (χ3v) is 4.34. The summed E-state index contributed by atoms with van der Waals surface area (Å²) in [5.41, 5.74) is 0.892. The SMILES string of the molecule is CCCCCCOc1ccc(/C=C(\C#N)C(=O)NC[C@H]2CCCO2)cc1. The fourth-order valence-electron chi connectivity index (χ4n) is 2.80. The maximum atomic E-state index is 12.1. The molecular formula is C21H28N2O3. The topological polar surface area (TPSA) is 71.3 Å². The van der Waals surface area contributed by atoms with Crippen molar-refractivity contribution < 1.29 is 14.3 Å². The van der Waals surface area contributed by atoms with Crippen molar-refractivity contribution in [3.05, 3.63) is 35.4 Å². The average molecular weight is 356 g/mol. The van der Waals surface area contributed by atoms with Crippen LogP contribution in [0.3, 0.4) is 0 Å². The molecule has 0 aliphatic carbocycles. The maximum absolute atomic E-state index is 12.1. The van der Waals surface area contributed by atoms with Crippen molar-refractivity contribution in [3.63, 3.8) is 0 Å². The zero-order valence-corrected chi connectivity index (χ0v) is 15.5. The zero-order valence-electron chi connectivity index (χ0n) is 15.5. The van der Waals surface area contributed by atoms with Gasteiger partial charge in [-0.15, -0.1) is 0 Å². The van der Waals surface area contributed by atoms with Gasteiger partial charge in [0.05, 0.1) is 12.7 Å². The number of carbonyl (C=O) groups is 1. The average Bonchev–Trinajstić information content (AvgIpc) is 3.18. The lowest BCUT2D eigenvalue weighted by Gasteiger charge is -2.10. The summed E-state index contributed by atoms with van der Waals surface area (Å²) in [6, 6.07) is 9.41. The zero-order chi connectivity index (χ0) is 18.6. The number of ether oxygens (including phenoxy) is 2. The summed E-state index contributed by atoms with van der Waals surface area (Å²) in [6.45, 7) is 4.09. The third kappa shape index (κ3) is 6.89. The molecule has 5 nitrogen and oxygen atoms in total. The van der Waals surface area contributed by atoms with E-state index in [0.29, 0.717) is 13.2 Å². The second-order valence-corrected chi connectivity index (χ2v) is 6.49. The smallest absolute Gasteiger partial charge is 0.262 e. The molecule has 1 aromatic carbocycles. The number of carbonyl (C=O) groups excluding carboxylic acids is 1. The van der Waals surface area contributed by atoms with Crippen LogP contribution in [0.4, 0.5) is 0 Å². The molecule has 1 heterocycles. The molecule has 26 heavy (non-hydrogen) atoms. The Labute approximate surface area is 156 Å². The summed E-state index contributed by atoms with van der Waals surface area (Å²) < 4.78 is 11.2. The Morgan fingerprint density at radius 2 is 2.15 bits per heavy atom. The Kier molecular flexibility index (Phi) is 8.71. The number of hydrogen-bond donors (Lipinski definition) is 1. The van der Waals surface area contributed by atoms with Crippen molar-refractivity contribution >= 4 is 12.0 Å². The van der Waals surface area contributed by atoms with E-state index in [9.17, 15) is 10.1 Å². The van der Waals surface area contributed by atoms with E-state index in [1.807, 2.05) is 30.3 Å². The molecule has 0 bridgehead atoms. The normalized spacial score (nSPS) is 16.9. The van der Waals surface area contributed by atoms with E-state index in [4.69, 9.17) is 9.47 Å². The molecule has 1 atom stereocenters. The van der Waals surface area contributed by atoms with Crippen LogP contribution < -0.4 is 10.1 Å². The van der Waals surface area contributed by atoms with Gasteiger partial charge < -0.3 is 14.8 Å². The van der Waals surface area contributed by atoms with Crippen LogP contribution in [0.5, 0.6) is 5.75 Å². The quantitative estimate of drug-likeness (QED) is 0.393. The fourth-order valence-corrected chi connectivity index (χ4v) is 2.80. The molecule has 2 rings (SSSR count). The number of amides is 1. The van der Waals surface area contributed by atoms with Crippen LogP contribution in [0.1, 0.15) is 51.0 Å². The number of nitrogens with one attached hydrogen (secondary N) is 1. The minimum atomic E-state index is -0.362. The first kappa shape index (κ1) is 20.0. The van der Waals surface area contributed by atoms with Gasteiger partial charge in [0.2, 0.25) is 0 Å². The summed E-state index contributed by atoms with van der Waals surface area (Å²) in [5, 5.41) is 12.0. The van der Waals surface area contributed by atoms with Gasteiger partial charge in [0, 0.05) is 13.2 Å². The third-order valence-electron chi connectivity index (χ3n) is 4.34. The van der Waals surface area contributed by atoms with Crippen LogP contribution in [-0.4, -0.2) is 31.8 Å². The highest BCUT2D eigenvalue weighted by Gasteiger charge is 2.17. The molecule has 1 aliphatic heterocycles. The highest BCUT2D eigenvalue weighted by molar-refractivity contribution is 6.01. The second-order valence-electron chi connectivity index (χ2n) is 6.49. The van der Waals surface area contributed by atoms with Crippen molar-refractivity contribution in [3.8, 4) is 11.8 Å². The summed E-state index contributed by atoms with van der Waals surface area (Å²) in [4.78, 5) is 12.1. The predicted octanol–water partition coefficient (Wildman–Crippen LogP) is 3.85. The molecule has 1 saturated heterocycles. The minimum Gasteiger partial charge on any atom is -0.494 e. The van der Waals surface area contributed by atoms with E-state index in [2.05, 4.69) is 12.2 Å². The largest absolute Gasteiger partial charge is 0.494 e. The number of nitriles is 1. The summed E-state index contributed by atoms with van der Waals surface area (Å²) in [7, 11) is 0. The molecule has 140 valence electrons. The van der Waals surface area contributed by atoms with Gasteiger partial charge in [-0.2, -0.15) is 5.26 Å². The van der Waals surface area contributed by atoms with Gasteiger partial charge in [-0.25, -0.2) is 0 Å². The van der Waals surface area contributed by atoms with Crippen LogP contribution >= 0.6 is 0 Å². The molecule has 1 aromatic rings. The molecule has 1 aliphatic rings. The number of unbranched alkanes of at least 4 members (excludes halogenated alkanes) is 3. The summed E-state index contributed by atoms with van der Waals surface area (Å²) >= 11 is 0. The second kappa shape index (κ2) is 11.3. The molecule has 0 unspecified atom stereocenters. The molecule has 1 N–H and O–H groups in total. The lowest BCUT2D eigenvalue weighted by Crippen LogP contribution is -2.32. The summed E-state index contributed by atoms with van der Waals surface area (Å²) in [6.07, 6.45) is 8.31. The van der Waals surface area contributed by atoms with Gasteiger partial charge in [-0.3, -0.25) is 4.79 Å². The van der Waals surface area contributed by atoms with Crippen molar-refractivity contribution in [1.82, 2.24) is 5.32 Å². The molecular weight excluding hydrogens is 328 g/mol. The van der Waals surface area contributed by atoms with Crippen molar-refractivity contribution in [2.75, 3.05) is 19.8 Å². The Balaban J connectivity index is 1.83. The number of nitrogens with zero attached hydrogens (tertiary/aromatic N) is 1. The Morgan fingerprint density at radius 3 is 2.81 bits per heavy atom. The molecule has 0 radical (unpaired) electrons. The molecule has 5 heteroatoms. The molecule has 0 aromatic heterocycles. The van der Waals surface area contributed by atoms with E-state index >= 15 is 0 Å². The lowest BCUT2D eigenvalue weighted by molar-refractivity contribution is -0.117. The molecule has 1 fully saturated rings. The van der Waals surface area contributed by atoms with E-state index in [-0.39, 0.29) is 17.6 Å². The van der Waals surface area contributed by atoms with Gasteiger partial charge >= 0.3 is 0 Å². The maximum Gasteiger partial charge on any atom is 0.262 e. The highest BCUT2D eigenvalue weighted by atomic mass is 16.5. The van der Waals surface area contributed by atoms with Gasteiger partial charge in [0.25, 0.3) is 5.91 Å². The van der Waals surface area contributed by atoms with Crippen LogP contribution in [0.2, 0.25) is 0 Å². The molecule has 0 saturated carbocycles. The monoisotopic (exact) mass is 356 g/mol. The molecule has 1 amide bonds. The van der Waals surface area contributed by atoms with Crippen LogP contribution in [0, 0.1) is 11.3 Å². The van der Waals surface area contributed by atoms with Crippen molar-refractivity contribution in [2.24, 2.45) is 0 Å².